The van der Waals surface area contributed by atoms with Crippen LogP contribution in [-0.4, -0.2) is 23.6 Å². The molecule has 2 N–H and O–H groups in total. The highest BCUT2D eigenvalue weighted by Gasteiger charge is 2.20. The van der Waals surface area contributed by atoms with Crippen molar-refractivity contribution in [3.63, 3.8) is 0 Å². The van der Waals surface area contributed by atoms with Crippen LogP contribution in [0, 0.1) is 5.41 Å². The summed E-state index contributed by atoms with van der Waals surface area (Å²) in [5, 5.41) is 6.41. The maximum absolute atomic E-state index is 11.9. The van der Waals surface area contributed by atoms with E-state index in [1.807, 2.05) is 44.7 Å². The fourth-order valence-electron chi connectivity index (χ4n) is 2.59. The van der Waals surface area contributed by atoms with Crippen LogP contribution in [0.4, 0.5) is 5.69 Å². The summed E-state index contributed by atoms with van der Waals surface area (Å²) in [5.74, 6) is -0.121. The van der Waals surface area contributed by atoms with Gasteiger partial charge in [0.1, 0.15) is 0 Å². The number of hydrogen-bond acceptors (Lipinski definition) is 3. The Morgan fingerprint density at radius 3 is 2.33 bits per heavy atom. The van der Waals surface area contributed by atoms with Gasteiger partial charge in [-0.1, -0.05) is 33.6 Å². The lowest BCUT2D eigenvalue weighted by molar-refractivity contribution is -0.128. The number of thioether (sulfide) groups is 1. The molecule has 0 saturated heterocycles. The van der Waals surface area contributed by atoms with Gasteiger partial charge in [-0.15, -0.1) is 11.8 Å². The zero-order chi connectivity index (χ0) is 17.6. The zero-order valence-electron chi connectivity index (χ0n) is 14.9. The number of benzene rings is 1. The molecule has 1 aliphatic rings. The minimum atomic E-state index is -0.427. The van der Waals surface area contributed by atoms with Gasteiger partial charge in [-0.25, -0.2) is 0 Å². The number of rotatable bonds is 6. The van der Waals surface area contributed by atoms with Gasteiger partial charge < -0.3 is 10.6 Å². The average Bonchev–Trinajstić information content (AvgIpc) is 3.01. The standard InChI is InChI=1S/C19H28N2O2S/c1-19(2,3)18(23)20-13-12-17(22)21-14-8-10-16(11-9-14)24-15-6-4-5-7-15/h8-11,15H,4-7,12-13H2,1-3H3,(H,20,23)(H,21,22). The number of carbonyl (C=O) groups excluding carboxylic acids is 2. The fourth-order valence-corrected chi connectivity index (χ4v) is 3.84. The van der Waals surface area contributed by atoms with Crippen molar-refractivity contribution in [2.45, 2.75) is 63.0 Å². The van der Waals surface area contributed by atoms with Crippen molar-refractivity contribution in [2.75, 3.05) is 11.9 Å². The van der Waals surface area contributed by atoms with E-state index < -0.39 is 5.41 Å². The first-order valence-corrected chi connectivity index (χ1v) is 9.57. The van der Waals surface area contributed by atoms with Gasteiger partial charge >= 0.3 is 0 Å². The second-order valence-corrected chi connectivity index (χ2v) is 8.73. The molecule has 1 aliphatic carbocycles. The third-order valence-electron chi connectivity index (χ3n) is 4.06. The van der Waals surface area contributed by atoms with Crippen LogP contribution in [0.25, 0.3) is 0 Å². The lowest BCUT2D eigenvalue weighted by Gasteiger charge is -2.17. The predicted molar refractivity (Wildman–Crippen MR) is 100 cm³/mol. The Kier molecular flexibility index (Phi) is 6.72. The van der Waals surface area contributed by atoms with Gasteiger partial charge in [0, 0.05) is 34.2 Å². The molecule has 2 amide bonds. The van der Waals surface area contributed by atoms with Gasteiger partial charge in [-0.2, -0.15) is 0 Å². The van der Waals surface area contributed by atoms with E-state index in [0.29, 0.717) is 6.54 Å². The van der Waals surface area contributed by atoms with Crippen molar-refractivity contribution >= 4 is 29.3 Å². The van der Waals surface area contributed by atoms with Crippen LogP contribution < -0.4 is 10.6 Å². The Morgan fingerprint density at radius 1 is 1.12 bits per heavy atom. The van der Waals surface area contributed by atoms with E-state index in [9.17, 15) is 9.59 Å². The van der Waals surface area contributed by atoms with E-state index in [2.05, 4.69) is 22.8 Å². The number of anilines is 1. The van der Waals surface area contributed by atoms with Gasteiger partial charge in [0.2, 0.25) is 11.8 Å². The molecule has 0 bridgehead atoms. The van der Waals surface area contributed by atoms with E-state index >= 15 is 0 Å². The average molecular weight is 349 g/mol. The molecule has 0 aromatic heterocycles. The molecule has 0 heterocycles. The monoisotopic (exact) mass is 348 g/mol. The Balaban J connectivity index is 1.72. The minimum absolute atomic E-state index is 0.0383. The summed E-state index contributed by atoms with van der Waals surface area (Å²) >= 11 is 1.94. The van der Waals surface area contributed by atoms with Gasteiger partial charge in [0.05, 0.1) is 0 Å². The topological polar surface area (TPSA) is 58.2 Å². The molecule has 132 valence electrons. The van der Waals surface area contributed by atoms with Crippen molar-refractivity contribution in [3.05, 3.63) is 24.3 Å². The van der Waals surface area contributed by atoms with E-state index in [4.69, 9.17) is 0 Å². The van der Waals surface area contributed by atoms with E-state index in [1.54, 1.807) is 0 Å². The Labute approximate surface area is 149 Å². The quantitative estimate of drug-likeness (QED) is 0.809. The molecule has 0 unspecified atom stereocenters. The zero-order valence-corrected chi connectivity index (χ0v) is 15.7. The number of hydrogen-bond donors (Lipinski definition) is 2. The largest absolute Gasteiger partial charge is 0.355 e. The molecule has 2 rings (SSSR count). The summed E-state index contributed by atoms with van der Waals surface area (Å²) < 4.78 is 0. The van der Waals surface area contributed by atoms with E-state index in [1.165, 1.54) is 30.6 Å². The third kappa shape index (κ3) is 6.19. The first-order valence-electron chi connectivity index (χ1n) is 8.69. The molecule has 0 atom stereocenters. The number of amides is 2. The molecule has 4 nitrogen and oxygen atoms in total. The molecular formula is C19H28N2O2S. The van der Waals surface area contributed by atoms with Crippen molar-refractivity contribution in [1.29, 1.82) is 0 Å². The smallest absolute Gasteiger partial charge is 0.226 e. The second kappa shape index (κ2) is 8.56. The molecule has 24 heavy (non-hydrogen) atoms. The van der Waals surface area contributed by atoms with Gasteiger partial charge in [-0.05, 0) is 37.1 Å². The molecule has 0 spiro atoms. The molecule has 0 radical (unpaired) electrons. The van der Waals surface area contributed by atoms with Gasteiger partial charge in [0.25, 0.3) is 0 Å². The van der Waals surface area contributed by atoms with Crippen molar-refractivity contribution < 1.29 is 9.59 Å². The molecule has 0 aliphatic heterocycles. The first kappa shape index (κ1) is 18.8. The maximum Gasteiger partial charge on any atom is 0.226 e. The summed E-state index contributed by atoms with van der Waals surface area (Å²) in [4.78, 5) is 24.9. The number of carbonyl (C=O) groups is 2. The molecular weight excluding hydrogens is 320 g/mol. The number of nitrogens with one attached hydrogen (secondary N) is 2. The van der Waals surface area contributed by atoms with Crippen molar-refractivity contribution in [3.8, 4) is 0 Å². The summed E-state index contributed by atoms with van der Waals surface area (Å²) in [6.45, 7) is 5.92. The van der Waals surface area contributed by atoms with E-state index in [0.717, 1.165) is 10.9 Å². The van der Waals surface area contributed by atoms with Crippen LogP contribution in [0.2, 0.25) is 0 Å². The third-order valence-corrected chi connectivity index (χ3v) is 5.41. The van der Waals surface area contributed by atoms with Crippen molar-refractivity contribution in [1.82, 2.24) is 5.32 Å². The molecule has 1 fully saturated rings. The van der Waals surface area contributed by atoms with Crippen LogP contribution >= 0.6 is 11.8 Å². The highest BCUT2D eigenvalue weighted by atomic mass is 32.2. The Morgan fingerprint density at radius 2 is 1.75 bits per heavy atom. The predicted octanol–water partition coefficient (Wildman–Crippen LogP) is 4.21. The van der Waals surface area contributed by atoms with Crippen molar-refractivity contribution in [2.24, 2.45) is 5.41 Å². The van der Waals surface area contributed by atoms with Gasteiger partial charge in [-0.3, -0.25) is 9.59 Å². The van der Waals surface area contributed by atoms with Crippen LogP contribution in [0.1, 0.15) is 52.9 Å². The minimum Gasteiger partial charge on any atom is -0.355 e. The van der Waals surface area contributed by atoms with Crippen LogP contribution in [0.15, 0.2) is 29.2 Å². The summed E-state index contributed by atoms with van der Waals surface area (Å²) in [7, 11) is 0. The molecule has 1 saturated carbocycles. The Hall–Kier alpha value is -1.49. The van der Waals surface area contributed by atoms with Crippen LogP contribution in [0.5, 0.6) is 0 Å². The van der Waals surface area contributed by atoms with E-state index in [-0.39, 0.29) is 18.2 Å². The summed E-state index contributed by atoms with van der Waals surface area (Å²) in [5.41, 5.74) is 0.376. The molecule has 1 aromatic carbocycles. The molecule has 1 aromatic rings. The summed E-state index contributed by atoms with van der Waals surface area (Å²) in [6.07, 6.45) is 5.59. The van der Waals surface area contributed by atoms with Gasteiger partial charge in [0.15, 0.2) is 0 Å². The highest BCUT2D eigenvalue weighted by Crippen LogP contribution is 2.34. The first-order chi connectivity index (χ1) is 11.3. The highest BCUT2D eigenvalue weighted by molar-refractivity contribution is 8.00. The SMILES string of the molecule is CC(C)(C)C(=O)NCCC(=O)Nc1ccc(SC2CCCC2)cc1. The summed E-state index contributed by atoms with van der Waals surface area (Å²) in [6, 6.07) is 8.03. The lowest BCUT2D eigenvalue weighted by Crippen LogP contribution is -2.36. The fraction of sp³-hybridized carbons (Fsp3) is 0.579. The Bertz CT molecular complexity index is 558. The van der Waals surface area contributed by atoms with Crippen LogP contribution in [0.3, 0.4) is 0 Å². The lowest BCUT2D eigenvalue weighted by atomic mass is 9.96. The maximum atomic E-state index is 11.9. The second-order valence-electron chi connectivity index (χ2n) is 7.35. The normalized spacial score (nSPS) is 15.3. The molecule has 5 heteroatoms. The van der Waals surface area contributed by atoms with Crippen LogP contribution in [-0.2, 0) is 9.59 Å².